The fourth-order valence-electron chi connectivity index (χ4n) is 1.57. The summed E-state index contributed by atoms with van der Waals surface area (Å²) in [6.07, 6.45) is 0.976. The van der Waals surface area contributed by atoms with Gasteiger partial charge in [0.15, 0.2) is 0 Å². The molecule has 0 saturated carbocycles. The van der Waals surface area contributed by atoms with Gasteiger partial charge in [-0.25, -0.2) is 4.39 Å². The van der Waals surface area contributed by atoms with Crippen molar-refractivity contribution in [1.82, 2.24) is 0 Å². The van der Waals surface area contributed by atoms with Crippen LogP contribution >= 0.6 is 11.6 Å². The van der Waals surface area contributed by atoms with Crippen LogP contribution in [0.4, 0.5) is 4.39 Å². The fraction of sp³-hybridized carbons (Fsp3) is 0.176. The highest BCUT2D eigenvalue weighted by Gasteiger charge is 1.98. The lowest BCUT2D eigenvalue weighted by Crippen LogP contribution is -1.94. The van der Waals surface area contributed by atoms with E-state index in [0.717, 1.165) is 17.7 Å². The van der Waals surface area contributed by atoms with Gasteiger partial charge in [-0.15, -0.1) is 0 Å². The number of hydrogen-bond acceptors (Lipinski definition) is 1. The Morgan fingerprint density at radius 2 is 1.70 bits per heavy atom. The molecular weight excluding hydrogens is 275 g/mol. The Bertz CT molecular complexity index is 638. The first-order valence-electron chi connectivity index (χ1n) is 6.39. The molecule has 102 valence electrons. The van der Waals surface area contributed by atoms with Gasteiger partial charge in [0.25, 0.3) is 0 Å². The number of ether oxygens (including phenoxy) is 1. The molecule has 20 heavy (non-hydrogen) atoms. The molecule has 0 amide bonds. The van der Waals surface area contributed by atoms with Crippen LogP contribution in [0, 0.1) is 17.7 Å². The first kappa shape index (κ1) is 14.4. The van der Waals surface area contributed by atoms with Gasteiger partial charge in [0, 0.05) is 11.1 Å². The summed E-state index contributed by atoms with van der Waals surface area (Å²) in [7, 11) is 0. The van der Waals surface area contributed by atoms with E-state index in [-0.39, 0.29) is 5.02 Å². The number of hydrogen-bond donors (Lipinski definition) is 0. The van der Waals surface area contributed by atoms with Crippen molar-refractivity contribution in [2.75, 3.05) is 6.61 Å². The van der Waals surface area contributed by atoms with E-state index in [0.29, 0.717) is 12.2 Å². The van der Waals surface area contributed by atoms with Crippen LogP contribution in [0.3, 0.4) is 0 Å². The van der Waals surface area contributed by atoms with E-state index in [1.165, 1.54) is 12.1 Å². The van der Waals surface area contributed by atoms with Crippen LogP contribution in [0.1, 0.15) is 24.5 Å². The average molecular weight is 289 g/mol. The molecule has 0 unspecified atom stereocenters. The van der Waals surface area contributed by atoms with Crippen LogP contribution in [0.25, 0.3) is 0 Å². The van der Waals surface area contributed by atoms with E-state index in [2.05, 4.69) is 18.8 Å². The molecule has 0 radical (unpaired) electrons. The molecule has 0 bridgehead atoms. The molecule has 0 heterocycles. The van der Waals surface area contributed by atoms with Gasteiger partial charge in [-0.3, -0.25) is 0 Å². The standard InChI is InChI=1S/C17H14ClFO/c1-2-11-20-15-8-5-13(6-9-15)3-4-14-7-10-16(18)17(19)12-14/h5-10,12H,2,11H2,1H3. The summed E-state index contributed by atoms with van der Waals surface area (Å²) in [4.78, 5) is 0. The number of rotatable bonds is 3. The van der Waals surface area contributed by atoms with E-state index in [9.17, 15) is 4.39 Å². The summed E-state index contributed by atoms with van der Waals surface area (Å²) in [5.74, 6) is 6.25. The molecule has 3 heteroatoms. The summed E-state index contributed by atoms with van der Waals surface area (Å²) >= 11 is 5.62. The van der Waals surface area contributed by atoms with Gasteiger partial charge < -0.3 is 4.74 Å². The van der Waals surface area contributed by atoms with Crippen molar-refractivity contribution in [3.63, 3.8) is 0 Å². The molecule has 0 aliphatic heterocycles. The maximum Gasteiger partial charge on any atom is 0.143 e. The van der Waals surface area contributed by atoms with Gasteiger partial charge in [0.1, 0.15) is 11.6 Å². The monoisotopic (exact) mass is 288 g/mol. The number of halogens is 2. The van der Waals surface area contributed by atoms with Crippen LogP contribution < -0.4 is 4.74 Å². The Labute approximate surface area is 123 Å². The molecule has 0 atom stereocenters. The average Bonchev–Trinajstić information content (AvgIpc) is 2.47. The molecule has 0 spiro atoms. The van der Waals surface area contributed by atoms with Gasteiger partial charge in [0.2, 0.25) is 0 Å². The van der Waals surface area contributed by atoms with Gasteiger partial charge in [-0.1, -0.05) is 30.4 Å². The molecule has 0 aliphatic rings. The minimum Gasteiger partial charge on any atom is -0.494 e. The second-order valence-electron chi connectivity index (χ2n) is 4.25. The third-order valence-electron chi connectivity index (χ3n) is 2.60. The Morgan fingerprint density at radius 3 is 2.35 bits per heavy atom. The maximum atomic E-state index is 13.3. The Balaban J connectivity index is 2.10. The SMILES string of the molecule is CCCOc1ccc(C#Cc2ccc(Cl)c(F)c2)cc1. The van der Waals surface area contributed by atoms with Crippen molar-refractivity contribution in [3.8, 4) is 17.6 Å². The lowest BCUT2D eigenvalue weighted by atomic mass is 10.2. The molecule has 0 fully saturated rings. The van der Waals surface area contributed by atoms with Crippen molar-refractivity contribution in [1.29, 1.82) is 0 Å². The zero-order chi connectivity index (χ0) is 14.4. The van der Waals surface area contributed by atoms with Gasteiger partial charge in [-0.05, 0) is 48.9 Å². The summed E-state index contributed by atoms with van der Waals surface area (Å²) in [5.41, 5.74) is 1.45. The van der Waals surface area contributed by atoms with Gasteiger partial charge in [0.05, 0.1) is 11.6 Å². The van der Waals surface area contributed by atoms with Gasteiger partial charge >= 0.3 is 0 Å². The van der Waals surface area contributed by atoms with E-state index in [1.54, 1.807) is 6.07 Å². The topological polar surface area (TPSA) is 9.23 Å². The smallest absolute Gasteiger partial charge is 0.143 e. The van der Waals surface area contributed by atoms with E-state index < -0.39 is 5.82 Å². The van der Waals surface area contributed by atoms with Crippen LogP contribution in [-0.2, 0) is 0 Å². The third kappa shape index (κ3) is 4.01. The Kier molecular flexibility index (Phi) is 5.03. The van der Waals surface area contributed by atoms with Crippen molar-refractivity contribution in [2.24, 2.45) is 0 Å². The zero-order valence-corrected chi connectivity index (χ0v) is 11.9. The summed E-state index contributed by atoms with van der Waals surface area (Å²) < 4.78 is 18.7. The predicted molar refractivity (Wildman–Crippen MR) is 79.6 cm³/mol. The first-order valence-corrected chi connectivity index (χ1v) is 6.77. The van der Waals surface area contributed by atoms with Crippen LogP contribution in [0.2, 0.25) is 5.02 Å². The fourth-order valence-corrected chi connectivity index (χ4v) is 1.69. The maximum absolute atomic E-state index is 13.3. The largest absolute Gasteiger partial charge is 0.494 e. The second-order valence-corrected chi connectivity index (χ2v) is 4.66. The molecule has 0 aliphatic carbocycles. The highest BCUT2D eigenvalue weighted by molar-refractivity contribution is 6.30. The highest BCUT2D eigenvalue weighted by Crippen LogP contribution is 2.15. The molecule has 2 aromatic carbocycles. The molecular formula is C17H14ClFO. The van der Waals surface area contributed by atoms with Crippen LogP contribution in [0.5, 0.6) is 5.75 Å². The van der Waals surface area contributed by atoms with Crippen molar-refractivity contribution in [2.45, 2.75) is 13.3 Å². The van der Waals surface area contributed by atoms with E-state index in [1.807, 2.05) is 24.3 Å². The Morgan fingerprint density at radius 1 is 1.05 bits per heavy atom. The van der Waals surface area contributed by atoms with Gasteiger partial charge in [-0.2, -0.15) is 0 Å². The highest BCUT2D eigenvalue weighted by atomic mass is 35.5. The molecule has 0 aromatic heterocycles. The molecule has 1 nitrogen and oxygen atoms in total. The van der Waals surface area contributed by atoms with Crippen molar-refractivity contribution >= 4 is 11.6 Å². The molecule has 2 rings (SSSR count). The summed E-state index contributed by atoms with van der Waals surface area (Å²) in [6, 6.07) is 12.0. The normalized spacial score (nSPS) is 9.75. The first-order chi connectivity index (χ1) is 9.69. The number of benzene rings is 2. The van der Waals surface area contributed by atoms with E-state index in [4.69, 9.17) is 16.3 Å². The minimum absolute atomic E-state index is 0.105. The Hall–Kier alpha value is -1.98. The minimum atomic E-state index is -0.457. The predicted octanol–water partition coefficient (Wildman–Crippen LogP) is 4.67. The third-order valence-corrected chi connectivity index (χ3v) is 2.90. The molecule has 0 saturated heterocycles. The zero-order valence-electron chi connectivity index (χ0n) is 11.1. The van der Waals surface area contributed by atoms with Crippen molar-refractivity contribution in [3.05, 3.63) is 64.4 Å². The van der Waals surface area contributed by atoms with E-state index >= 15 is 0 Å². The lowest BCUT2D eigenvalue weighted by molar-refractivity contribution is 0.317. The summed E-state index contributed by atoms with van der Waals surface area (Å²) in [5, 5.41) is 0.105. The molecule has 0 N–H and O–H groups in total. The van der Waals surface area contributed by atoms with Crippen molar-refractivity contribution < 1.29 is 9.13 Å². The molecule has 2 aromatic rings. The lowest BCUT2D eigenvalue weighted by Gasteiger charge is -2.03. The van der Waals surface area contributed by atoms with Crippen LogP contribution in [0.15, 0.2) is 42.5 Å². The van der Waals surface area contributed by atoms with Crippen LogP contribution in [-0.4, -0.2) is 6.61 Å². The summed E-state index contributed by atoms with van der Waals surface area (Å²) in [6.45, 7) is 2.76. The quantitative estimate of drug-likeness (QED) is 0.746. The second kappa shape index (κ2) is 6.98.